The molecular formula is C20H21ClN2O2. The van der Waals surface area contributed by atoms with Crippen LogP contribution in [0.4, 0.5) is 5.69 Å². The van der Waals surface area contributed by atoms with Crippen LogP contribution < -0.4 is 9.64 Å². The van der Waals surface area contributed by atoms with E-state index in [2.05, 4.69) is 11.0 Å². The zero-order valence-corrected chi connectivity index (χ0v) is 14.9. The minimum absolute atomic E-state index is 0.0460. The number of ether oxygens (including phenoxy) is 1. The third-order valence-electron chi connectivity index (χ3n) is 4.98. The van der Waals surface area contributed by atoms with Crippen molar-refractivity contribution in [2.24, 2.45) is 0 Å². The van der Waals surface area contributed by atoms with Crippen molar-refractivity contribution >= 4 is 23.2 Å². The number of nitrogens with zero attached hydrogens (tertiary/aromatic N) is 2. The SMILES string of the molecule is CCOc1ccccc1C1N(c2ccc(Cl)cc2)C(=O)C2CCCN21. The van der Waals surface area contributed by atoms with Gasteiger partial charge in [-0.25, -0.2) is 0 Å². The van der Waals surface area contributed by atoms with E-state index in [0.29, 0.717) is 11.6 Å². The second-order valence-electron chi connectivity index (χ2n) is 6.43. The Morgan fingerprint density at radius 2 is 1.92 bits per heavy atom. The zero-order valence-electron chi connectivity index (χ0n) is 14.2. The Balaban J connectivity index is 1.81. The van der Waals surface area contributed by atoms with Crippen LogP contribution in [0.5, 0.6) is 5.75 Å². The van der Waals surface area contributed by atoms with Crippen LogP contribution in [0.3, 0.4) is 0 Å². The quantitative estimate of drug-likeness (QED) is 0.821. The van der Waals surface area contributed by atoms with Crippen LogP contribution in [0.2, 0.25) is 5.02 Å². The summed E-state index contributed by atoms with van der Waals surface area (Å²) in [6, 6.07) is 15.5. The van der Waals surface area contributed by atoms with Crippen molar-refractivity contribution in [3.63, 3.8) is 0 Å². The summed E-state index contributed by atoms with van der Waals surface area (Å²) in [4.78, 5) is 17.3. The second-order valence-corrected chi connectivity index (χ2v) is 6.86. The van der Waals surface area contributed by atoms with Gasteiger partial charge in [0.05, 0.1) is 12.6 Å². The maximum absolute atomic E-state index is 13.1. The summed E-state index contributed by atoms with van der Waals surface area (Å²) in [5.74, 6) is 1.01. The van der Waals surface area contributed by atoms with Crippen LogP contribution in [-0.4, -0.2) is 30.0 Å². The zero-order chi connectivity index (χ0) is 17.4. The number of carbonyl (C=O) groups excluding carboxylic acids is 1. The number of halogens is 1. The summed E-state index contributed by atoms with van der Waals surface area (Å²) in [7, 11) is 0. The molecule has 0 aliphatic carbocycles. The highest BCUT2D eigenvalue weighted by Crippen LogP contribution is 2.44. The summed E-state index contributed by atoms with van der Waals surface area (Å²) >= 11 is 6.04. The van der Waals surface area contributed by atoms with Gasteiger partial charge in [-0.05, 0) is 50.1 Å². The van der Waals surface area contributed by atoms with Crippen LogP contribution in [0, 0.1) is 0 Å². The van der Waals surface area contributed by atoms with Gasteiger partial charge in [0, 0.05) is 22.8 Å². The van der Waals surface area contributed by atoms with Gasteiger partial charge in [-0.3, -0.25) is 14.6 Å². The maximum atomic E-state index is 13.1. The lowest BCUT2D eigenvalue weighted by Crippen LogP contribution is -2.32. The minimum atomic E-state index is -0.135. The van der Waals surface area contributed by atoms with Gasteiger partial charge >= 0.3 is 0 Å². The number of anilines is 1. The van der Waals surface area contributed by atoms with Gasteiger partial charge in [-0.1, -0.05) is 29.8 Å². The third kappa shape index (κ3) is 2.79. The predicted molar refractivity (Wildman–Crippen MR) is 99.0 cm³/mol. The van der Waals surface area contributed by atoms with Gasteiger partial charge in [0.25, 0.3) is 0 Å². The van der Waals surface area contributed by atoms with Gasteiger partial charge in [-0.2, -0.15) is 0 Å². The van der Waals surface area contributed by atoms with Crippen molar-refractivity contribution in [1.82, 2.24) is 4.90 Å². The molecule has 2 atom stereocenters. The van der Waals surface area contributed by atoms with Crippen LogP contribution in [0.1, 0.15) is 31.5 Å². The monoisotopic (exact) mass is 356 g/mol. The molecule has 0 bridgehead atoms. The number of amides is 1. The Morgan fingerprint density at radius 1 is 1.16 bits per heavy atom. The highest BCUT2D eigenvalue weighted by molar-refractivity contribution is 6.30. The molecule has 2 heterocycles. The van der Waals surface area contributed by atoms with E-state index in [0.717, 1.165) is 36.4 Å². The molecule has 0 N–H and O–H groups in total. The van der Waals surface area contributed by atoms with Crippen LogP contribution in [0.25, 0.3) is 0 Å². The molecule has 2 unspecified atom stereocenters. The minimum Gasteiger partial charge on any atom is -0.493 e. The van der Waals surface area contributed by atoms with E-state index in [1.165, 1.54) is 0 Å². The van der Waals surface area contributed by atoms with E-state index in [-0.39, 0.29) is 18.1 Å². The fraction of sp³-hybridized carbons (Fsp3) is 0.350. The van der Waals surface area contributed by atoms with Gasteiger partial charge < -0.3 is 4.74 Å². The molecule has 2 aliphatic rings. The smallest absolute Gasteiger partial charge is 0.246 e. The van der Waals surface area contributed by atoms with Crippen molar-refractivity contribution in [2.45, 2.75) is 32.0 Å². The van der Waals surface area contributed by atoms with Crippen LogP contribution >= 0.6 is 11.6 Å². The van der Waals surface area contributed by atoms with Crippen molar-refractivity contribution in [3.8, 4) is 5.75 Å². The fourth-order valence-corrected chi connectivity index (χ4v) is 4.07. The Morgan fingerprint density at radius 3 is 2.68 bits per heavy atom. The Bertz CT molecular complexity index is 778. The number of fused-ring (bicyclic) bond motifs is 1. The molecule has 2 fully saturated rings. The second kappa shape index (κ2) is 6.70. The summed E-state index contributed by atoms with van der Waals surface area (Å²) in [6.45, 7) is 3.50. The Labute approximate surface area is 152 Å². The highest BCUT2D eigenvalue weighted by atomic mass is 35.5. The third-order valence-corrected chi connectivity index (χ3v) is 5.23. The normalized spacial score (nSPS) is 23.1. The summed E-state index contributed by atoms with van der Waals surface area (Å²) in [6.07, 6.45) is 1.83. The Kier molecular flexibility index (Phi) is 4.40. The van der Waals surface area contributed by atoms with Gasteiger partial charge in [-0.15, -0.1) is 0 Å². The molecule has 5 heteroatoms. The average Bonchev–Trinajstić information content (AvgIpc) is 3.19. The summed E-state index contributed by atoms with van der Waals surface area (Å²) in [5.41, 5.74) is 1.91. The van der Waals surface area contributed by atoms with Gasteiger partial charge in [0.2, 0.25) is 5.91 Å². The summed E-state index contributed by atoms with van der Waals surface area (Å²) in [5, 5.41) is 0.669. The molecule has 25 heavy (non-hydrogen) atoms. The molecule has 130 valence electrons. The van der Waals surface area contributed by atoms with E-state index in [4.69, 9.17) is 16.3 Å². The standard InChI is InChI=1S/C20H21ClN2O2/c1-2-25-18-8-4-3-6-16(18)19-22-13-5-7-17(22)20(24)23(19)15-11-9-14(21)10-12-15/h3-4,6,8-12,17,19H,2,5,7,13H2,1H3. The number of hydrogen-bond acceptors (Lipinski definition) is 3. The van der Waals surface area contributed by atoms with Gasteiger partial charge in [0.1, 0.15) is 11.9 Å². The lowest BCUT2D eigenvalue weighted by Gasteiger charge is -2.31. The number of hydrogen-bond donors (Lipinski definition) is 0. The molecular weight excluding hydrogens is 336 g/mol. The average molecular weight is 357 g/mol. The maximum Gasteiger partial charge on any atom is 0.246 e. The van der Waals surface area contributed by atoms with Crippen LogP contribution in [-0.2, 0) is 4.79 Å². The van der Waals surface area contributed by atoms with E-state index in [9.17, 15) is 4.79 Å². The van der Waals surface area contributed by atoms with E-state index in [1.54, 1.807) is 0 Å². The number of rotatable bonds is 4. The van der Waals surface area contributed by atoms with Crippen molar-refractivity contribution in [1.29, 1.82) is 0 Å². The topological polar surface area (TPSA) is 32.8 Å². The van der Waals surface area contributed by atoms with Crippen molar-refractivity contribution in [2.75, 3.05) is 18.1 Å². The number of carbonyl (C=O) groups is 1. The van der Waals surface area contributed by atoms with E-state index < -0.39 is 0 Å². The fourth-order valence-electron chi connectivity index (χ4n) is 3.94. The van der Waals surface area contributed by atoms with Crippen molar-refractivity contribution < 1.29 is 9.53 Å². The molecule has 1 amide bonds. The molecule has 4 nitrogen and oxygen atoms in total. The first-order valence-corrected chi connectivity index (χ1v) is 9.14. The van der Waals surface area contributed by atoms with Gasteiger partial charge in [0.15, 0.2) is 0 Å². The summed E-state index contributed by atoms with van der Waals surface area (Å²) < 4.78 is 5.85. The van der Waals surface area contributed by atoms with Crippen molar-refractivity contribution in [3.05, 3.63) is 59.1 Å². The number of para-hydroxylation sites is 1. The molecule has 0 radical (unpaired) electrons. The lowest BCUT2D eigenvalue weighted by molar-refractivity contribution is -0.119. The van der Waals surface area contributed by atoms with Crippen LogP contribution in [0.15, 0.2) is 48.5 Å². The molecule has 2 saturated heterocycles. The molecule has 0 saturated carbocycles. The largest absolute Gasteiger partial charge is 0.493 e. The molecule has 2 aromatic rings. The molecule has 2 aromatic carbocycles. The lowest BCUT2D eigenvalue weighted by atomic mass is 10.1. The first-order valence-electron chi connectivity index (χ1n) is 8.77. The molecule has 0 spiro atoms. The first-order chi connectivity index (χ1) is 12.2. The molecule has 0 aromatic heterocycles. The molecule has 4 rings (SSSR count). The van der Waals surface area contributed by atoms with E-state index >= 15 is 0 Å². The predicted octanol–water partition coefficient (Wildman–Crippen LogP) is 4.25. The first kappa shape index (κ1) is 16.4. The number of benzene rings is 2. The Hall–Kier alpha value is -2.04. The molecule has 2 aliphatic heterocycles. The van der Waals surface area contributed by atoms with E-state index in [1.807, 2.05) is 54.3 Å². The highest BCUT2D eigenvalue weighted by Gasteiger charge is 2.50.